The number of nitrogens with zero attached hydrogens (tertiary/aromatic N) is 1. The van der Waals surface area contributed by atoms with Crippen LogP contribution in [0.2, 0.25) is 0 Å². The van der Waals surface area contributed by atoms with Crippen LogP contribution in [-0.4, -0.2) is 35.6 Å². The minimum absolute atomic E-state index is 0.0461. The Morgan fingerprint density at radius 3 is 2.78 bits per heavy atom. The maximum atomic E-state index is 13.0. The van der Waals surface area contributed by atoms with Crippen LogP contribution in [0, 0.1) is 11.8 Å². The van der Waals surface area contributed by atoms with Gasteiger partial charge in [0.15, 0.2) is 0 Å². The number of hydrogen-bond donors (Lipinski definition) is 1. The first-order valence-corrected chi connectivity index (χ1v) is 6.74. The third-order valence-corrected chi connectivity index (χ3v) is 3.85. The molecule has 0 saturated carbocycles. The zero-order chi connectivity index (χ0) is 13.0. The van der Waals surface area contributed by atoms with Gasteiger partial charge in [-0.2, -0.15) is 0 Å². The van der Waals surface area contributed by atoms with Gasteiger partial charge in [-0.25, -0.2) is 8.78 Å². The van der Waals surface area contributed by atoms with E-state index >= 15 is 0 Å². The number of piperidine rings is 1. The number of halogens is 2. The van der Waals surface area contributed by atoms with E-state index in [1.165, 1.54) is 0 Å². The zero-order valence-corrected chi connectivity index (χ0v) is 10.8. The second kappa shape index (κ2) is 5.79. The summed E-state index contributed by atoms with van der Waals surface area (Å²) < 4.78 is 26.0. The Morgan fingerprint density at radius 1 is 1.39 bits per heavy atom. The van der Waals surface area contributed by atoms with E-state index < -0.39 is 5.92 Å². The first-order valence-electron chi connectivity index (χ1n) is 5.86. The van der Waals surface area contributed by atoms with Gasteiger partial charge in [0, 0.05) is 48.3 Å². The van der Waals surface area contributed by atoms with E-state index in [9.17, 15) is 8.78 Å². The number of aliphatic hydroxyl groups is 1. The van der Waals surface area contributed by atoms with Gasteiger partial charge in [0.05, 0.1) is 0 Å². The van der Waals surface area contributed by atoms with Crippen molar-refractivity contribution in [1.29, 1.82) is 0 Å². The molecule has 1 saturated heterocycles. The molecule has 5 heteroatoms. The SMILES string of the molecule is OCC#Cc1csc(CN2CCC(F)(F)CC2)c1. The highest BCUT2D eigenvalue weighted by atomic mass is 32.1. The van der Waals surface area contributed by atoms with E-state index in [4.69, 9.17) is 5.11 Å². The van der Waals surface area contributed by atoms with Gasteiger partial charge in [-0.1, -0.05) is 11.8 Å². The fraction of sp³-hybridized carbons (Fsp3) is 0.538. The molecule has 0 spiro atoms. The number of aliphatic hydroxyl groups excluding tert-OH is 1. The van der Waals surface area contributed by atoms with Crippen LogP contribution in [0.25, 0.3) is 0 Å². The summed E-state index contributed by atoms with van der Waals surface area (Å²) in [6, 6.07) is 1.96. The molecule has 1 aliphatic heterocycles. The molecule has 18 heavy (non-hydrogen) atoms. The molecule has 0 aromatic carbocycles. The quantitative estimate of drug-likeness (QED) is 0.835. The lowest BCUT2D eigenvalue weighted by Crippen LogP contribution is -2.38. The number of thiophene rings is 1. The van der Waals surface area contributed by atoms with E-state index in [1.807, 2.05) is 16.3 Å². The smallest absolute Gasteiger partial charge is 0.250 e. The average molecular weight is 271 g/mol. The monoisotopic (exact) mass is 271 g/mol. The first-order chi connectivity index (χ1) is 8.59. The zero-order valence-electron chi connectivity index (χ0n) is 9.96. The largest absolute Gasteiger partial charge is 0.384 e. The van der Waals surface area contributed by atoms with Crippen molar-refractivity contribution in [2.75, 3.05) is 19.7 Å². The molecule has 98 valence electrons. The standard InChI is InChI=1S/C13H15F2NOS/c14-13(15)3-5-16(6-4-13)9-12-8-11(10-18-12)2-1-7-17/h8,10,17H,3-7,9H2. The summed E-state index contributed by atoms with van der Waals surface area (Å²) in [7, 11) is 0. The summed E-state index contributed by atoms with van der Waals surface area (Å²) in [5, 5.41) is 10.5. The van der Waals surface area contributed by atoms with Crippen LogP contribution < -0.4 is 0 Å². The predicted molar refractivity (Wildman–Crippen MR) is 67.7 cm³/mol. The molecule has 1 aliphatic rings. The van der Waals surface area contributed by atoms with E-state index in [0.717, 1.165) is 10.4 Å². The van der Waals surface area contributed by atoms with Crippen molar-refractivity contribution in [3.8, 4) is 11.8 Å². The minimum atomic E-state index is -2.48. The van der Waals surface area contributed by atoms with Crippen molar-refractivity contribution < 1.29 is 13.9 Å². The van der Waals surface area contributed by atoms with Crippen LogP contribution in [0.1, 0.15) is 23.3 Å². The normalized spacial score (nSPS) is 19.3. The third-order valence-electron chi connectivity index (χ3n) is 2.93. The molecule has 0 bridgehead atoms. The molecular formula is C13H15F2NOS. The Bertz CT molecular complexity index is 451. The Labute approximate surface area is 109 Å². The van der Waals surface area contributed by atoms with Gasteiger partial charge in [0.1, 0.15) is 6.61 Å². The van der Waals surface area contributed by atoms with Crippen molar-refractivity contribution >= 4 is 11.3 Å². The molecular weight excluding hydrogens is 256 g/mol. The van der Waals surface area contributed by atoms with Crippen molar-refractivity contribution in [2.45, 2.75) is 25.3 Å². The number of alkyl halides is 2. The summed E-state index contributed by atoms with van der Waals surface area (Å²) in [4.78, 5) is 3.18. The van der Waals surface area contributed by atoms with E-state index in [1.54, 1.807) is 11.3 Å². The Morgan fingerprint density at radius 2 is 2.11 bits per heavy atom. The molecule has 1 N–H and O–H groups in total. The molecule has 2 nitrogen and oxygen atoms in total. The van der Waals surface area contributed by atoms with Crippen LogP contribution in [0.5, 0.6) is 0 Å². The van der Waals surface area contributed by atoms with Gasteiger partial charge in [-0.3, -0.25) is 4.90 Å². The highest BCUT2D eigenvalue weighted by Gasteiger charge is 2.33. The molecule has 1 aromatic heterocycles. The Hall–Kier alpha value is -0.960. The highest BCUT2D eigenvalue weighted by molar-refractivity contribution is 7.10. The number of hydrogen-bond acceptors (Lipinski definition) is 3. The summed E-state index contributed by atoms with van der Waals surface area (Å²) in [6.45, 7) is 1.46. The lowest BCUT2D eigenvalue weighted by atomic mass is 10.1. The van der Waals surface area contributed by atoms with Gasteiger partial charge in [0.25, 0.3) is 5.92 Å². The fourth-order valence-corrected chi connectivity index (χ4v) is 2.79. The molecule has 1 aromatic rings. The maximum absolute atomic E-state index is 13.0. The van der Waals surface area contributed by atoms with E-state index in [2.05, 4.69) is 11.8 Å². The second-order valence-electron chi connectivity index (χ2n) is 4.39. The van der Waals surface area contributed by atoms with Crippen LogP contribution in [0.15, 0.2) is 11.4 Å². The van der Waals surface area contributed by atoms with Crippen molar-refractivity contribution in [1.82, 2.24) is 4.90 Å². The molecule has 0 radical (unpaired) electrons. The topological polar surface area (TPSA) is 23.5 Å². The van der Waals surface area contributed by atoms with Crippen LogP contribution in [0.4, 0.5) is 8.78 Å². The molecule has 0 unspecified atom stereocenters. The summed E-state index contributed by atoms with van der Waals surface area (Å²) in [5.41, 5.74) is 0.881. The van der Waals surface area contributed by atoms with Crippen molar-refractivity contribution in [3.63, 3.8) is 0 Å². The van der Waals surface area contributed by atoms with Gasteiger partial charge in [0.2, 0.25) is 0 Å². The molecule has 0 atom stereocenters. The van der Waals surface area contributed by atoms with Crippen LogP contribution in [-0.2, 0) is 6.54 Å². The van der Waals surface area contributed by atoms with Crippen molar-refractivity contribution in [3.05, 3.63) is 21.9 Å². The summed E-state index contributed by atoms with van der Waals surface area (Å²) in [5.74, 6) is 2.95. The van der Waals surface area contributed by atoms with E-state index in [-0.39, 0.29) is 19.4 Å². The van der Waals surface area contributed by atoms with Gasteiger partial charge < -0.3 is 5.11 Å². The maximum Gasteiger partial charge on any atom is 0.250 e. The summed E-state index contributed by atoms with van der Waals surface area (Å²) >= 11 is 1.58. The third kappa shape index (κ3) is 3.77. The average Bonchev–Trinajstić information content (AvgIpc) is 2.77. The second-order valence-corrected chi connectivity index (χ2v) is 5.39. The van der Waals surface area contributed by atoms with Gasteiger partial charge in [-0.05, 0) is 6.07 Å². The van der Waals surface area contributed by atoms with Gasteiger partial charge in [-0.15, -0.1) is 11.3 Å². The molecule has 2 heterocycles. The molecule has 0 amide bonds. The number of rotatable bonds is 2. The molecule has 1 fully saturated rings. The number of likely N-dealkylation sites (tertiary alicyclic amines) is 1. The van der Waals surface area contributed by atoms with Gasteiger partial charge >= 0.3 is 0 Å². The fourth-order valence-electron chi connectivity index (χ4n) is 1.93. The Kier molecular flexibility index (Phi) is 4.33. The lowest BCUT2D eigenvalue weighted by Gasteiger charge is -2.31. The lowest BCUT2D eigenvalue weighted by molar-refractivity contribution is -0.0564. The highest BCUT2D eigenvalue weighted by Crippen LogP contribution is 2.29. The predicted octanol–water partition coefficient (Wildman–Crippen LogP) is 2.32. The first kappa shape index (κ1) is 13.5. The van der Waals surface area contributed by atoms with Crippen LogP contribution in [0.3, 0.4) is 0 Å². The van der Waals surface area contributed by atoms with Crippen LogP contribution >= 0.6 is 11.3 Å². The minimum Gasteiger partial charge on any atom is -0.384 e. The molecule has 0 aliphatic carbocycles. The van der Waals surface area contributed by atoms with Crippen molar-refractivity contribution in [2.24, 2.45) is 0 Å². The summed E-state index contributed by atoms with van der Waals surface area (Å²) in [6.07, 6.45) is -0.0922. The Balaban J connectivity index is 1.88. The molecule has 2 rings (SSSR count). The van der Waals surface area contributed by atoms with E-state index in [0.29, 0.717) is 19.6 Å².